The average molecular weight is 394 g/mol. The van der Waals surface area contributed by atoms with Gasteiger partial charge in [-0.25, -0.2) is 17.6 Å². The van der Waals surface area contributed by atoms with Crippen LogP contribution in [0.5, 0.6) is 0 Å². The second-order valence-corrected chi connectivity index (χ2v) is 5.92. The van der Waals surface area contributed by atoms with Gasteiger partial charge < -0.3 is 10.2 Å². The lowest BCUT2D eigenvalue weighted by Gasteiger charge is -2.20. The van der Waals surface area contributed by atoms with Gasteiger partial charge in [-0.2, -0.15) is 0 Å². The van der Waals surface area contributed by atoms with Gasteiger partial charge >= 0.3 is 0 Å². The topological polar surface area (TPSA) is 49.4 Å². The minimum atomic E-state index is -1.70. The highest BCUT2D eigenvalue weighted by atomic mass is 19.2. The van der Waals surface area contributed by atoms with Crippen molar-refractivity contribution in [3.63, 3.8) is 0 Å². The average Bonchev–Trinajstić information content (AvgIpc) is 2.66. The third-order valence-corrected chi connectivity index (χ3v) is 3.72. The van der Waals surface area contributed by atoms with Gasteiger partial charge in [-0.3, -0.25) is 9.59 Å². The number of carbonyl (C=O) groups is 2. The number of hydrogen-bond acceptors (Lipinski definition) is 2. The first-order valence-electron chi connectivity index (χ1n) is 8.47. The molecule has 2 rings (SSSR count). The summed E-state index contributed by atoms with van der Waals surface area (Å²) in [6.07, 6.45) is 3.14. The Hall–Kier alpha value is -3.16. The summed E-state index contributed by atoms with van der Waals surface area (Å²) in [5, 5.41) is 2.12. The molecule has 28 heavy (non-hydrogen) atoms. The van der Waals surface area contributed by atoms with E-state index >= 15 is 0 Å². The van der Waals surface area contributed by atoms with Gasteiger partial charge in [0.25, 0.3) is 0 Å². The Morgan fingerprint density at radius 2 is 1.82 bits per heavy atom. The van der Waals surface area contributed by atoms with Crippen molar-refractivity contribution in [3.8, 4) is 0 Å². The molecule has 0 atom stereocenters. The van der Waals surface area contributed by atoms with Crippen molar-refractivity contribution in [2.75, 3.05) is 18.4 Å². The Morgan fingerprint density at radius 3 is 2.50 bits per heavy atom. The van der Waals surface area contributed by atoms with Gasteiger partial charge in [0.05, 0.1) is 5.69 Å². The number of rotatable bonds is 7. The summed E-state index contributed by atoms with van der Waals surface area (Å²) in [5.41, 5.74) is -0.0544. The van der Waals surface area contributed by atoms with Gasteiger partial charge in [0.1, 0.15) is 12.4 Å². The van der Waals surface area contributed by atoms with Gasteiger partial charge in [-0.15, -0.1) is 0 Å². The van der Waals surface area contributed by atoms with Crippen LogP contribution in [0.2, 0.25) is 0 Å². The quantitative estimate of drug-likeness (QED) is 0.436. The number of amides is 2. The van der Waals surface area contributed by atoms with Crippen LogP contribution in [0.25, 0.3) is 6.08 Å². The summed E-state index contributed by atoms with van der Waals surface area (Å²) in [7, 11) is 0. The van der Waals surface area contributed by atoms with Crippen LogP contribution < -0.4 is 5.32 Å². The van der Waals surface area contributed by atoms with Crippen LogP contribution in [-0.2, 0) is 9.59 Å². The Bertz CT molecular complexity index is 900. The summed E-state index contributed by atoms with van der Waals surface area (Å²) in [6.45, 7) is 1.61. The number of carbonyl (C=O) groups excluding carboxylic acids is 2. The van der Waals surface area contributed by atoms with Crippen LogP contribution in [-0.4, -0.2) is 29.8 Å². The zero-order chi connectivity index (χ0) is 20.7. The second-order valence-electron chi connectivity index (χ2n) is 5.92. The molecule has 8 heteroatoms. The highest BCUT2D eigenvalue weighted by Gasteiger charge is 2.18. The molecule has 2 amide bonds. The molecule has 0 aliphatic heterocycles. The van der Waals surface area contributed by atoms with E-state index in [-0.39, 0.29) is 6.54 Å². The Labute approximate surface area is 159 Å². The second kappa shape index (κ2) is 9.68. The third kappa shape index (κ3) is 5.67. The van der Waals surface area contributed by atoms with Gasteiger partial charge in [0, 0.05) is 12.6 Å². The van der Waals surface area contributed by atoms with Crippen LogP contribution in [0.15, 0.2) is 42.5 Å². The van der Waals surface area contributed by atoms with E-state index in [2.05, 4.69) is 5.32 Å². The van der Waals surface area contributed by atoms with Crippen LogP contribution >= 0.6 is 0 Å². The van der Waals surface area contributed by atoms with E-state index < -0.39 is 47.3 Å². The fraction of sp³-hybridized carbons (Fsp3) is 0.200. The summed E-state index contributed by atoms with van der Waals surface area (Å²) >= 11 is 0. The lowest BCUT2D eigenvalue weighted by Crippen LogP contribution is -2.37. The van der Waals surface area contributed by atoms with Crippen molar-refractivity contribution in [1.82, 2.24) is 4.90 Å². The van der Waals surface area contributed by atoms with Crippen LogP contribution in [0.1, 0.15) is 18.9 Å². The summed E-state index contributed by atoms with van der Waals surface area (Å²) < 4.78 is 53.0. The van der Waals surface area contributed by atoms with Crippen LogP contribution in [0, 0.1) is 23.3 Å². The van der Waals surface area contributed by atoms with Gasteiger partial charge in [-0.1, -0.05) is 19.1 Å². The zero-order valence-electron chi connectivity index (χ0n) is 15.0. The summed E-state index contributed by atoms with van der Waals surface area (Å²) in [4.78, 5) is 25.6. The number of anilines is 1. The molecule has 0 unspecified atom stereocenters. The predicted molar refractivity (Wildman–Crippen MR) is 97.3 cm³/mol. The summed E-state index contributed by atoms with van der Waals surface area (Å²) in [5.74, 6) is -6.32. The van der Waals surface area contributed by atoms with E-state index in [0.717, 1.165) is 6.07 Å². The lowest BCUT2D eigenvalue weighted by molar-refractivity contribution is -0.130. The molecule has 1 N–H and O–H groups in total. The van der Waals surface area contributed by atoms with Crippen LogP contribution in [0.3, 0.4) is 0 Å². The molecular formula is C20H18F4N2O2. The maximum atomic E-state index is 13.7. The first-order valence-corrected chi connectivity index (χ1v) is 8.47. The molecule has 0 saturated carbocycles. The normalized spacial score (nSPS) is 10.9. The summed E-state index contributed by atoms with van der Waals surface area (Å²) in [6, 6.07) is 7.19. The van der Waals surface area contributed by atoms with Gasteiger partial charge in [0.2, 0.25) is 11.8 Å². The molecule has 2 aromatic rings. The minimum absolute atomic E-state index is 0.236. The Kier molecular flexibility index (Phi) is 7.31. The van der Waals surface area contributed by atoms with Crippen molar-refractivity contribution >= 4 is 23.6 Å². The van der Waals surface area contributed by atoms with Crippen molar-refractivity contribution in [3.05, 3.63) is 71.3 Å². The van der Waals surface area contributed by atoms with E-state index in [1.165, 1.54) is 35.3 Å². The van der Waals surface area contributed by atoms with E-state index in [4.69, 9.17) is 0 Å². The Morgan fingerprint density at radius 1 is 1.07 bits per heavy atom. The molecule has 0 radical (unpaired) electrons. The lowest BCUT2D eigenvalue weighted by atomic mass is 10.2. The number of benzene rings is 2. The fourth-order valence-corrected chi connectivity index (χ4v) is 2.41. The van der Waals surface area contributed by atoms with Crippen molar-refractivity contribution in [1.29, 1.82) is 0 Å². The van der Waals surface area contributed by atoms with Crippen molar-refractivity contribution in [2.24, 2.45) is 0 Å². The highest BCUT2D eigenvalue weighted by Crippen LogP contribution is 2.19. The molecule has 0 spiro atoms. The maximum absolute atomic E-state index is 13.7. The SMILES string of the molecule is CCCN(CC(=O)Nc1ccc(F)c(F)c1F)C(=O)/C=C/c1cccc(F)c1. The number of nitrogens with zero attached hydrogens (tertiary/aromatic N) is 1. The molecule has 0 fully saturated rings. The molecule has 4 nitrogen and oxygen atoms in total. The highest BCUT2D eigenvalue weighted by molar-refractivity contribution is 5.98. The Balaban J connectivity index is 2.06. The molecule has 0 bridgehead atoms. The predicted octanol–water partition coefficient (Wildman–Crippen LogP) is 4.13. The zero-order valence-corrected chi connectivity index (χ0v) is 15.0. The van der Waals surface area contributed by atoms with E-state index in [0.29, 0.717) is 18.1 Å². The molecule has 0 saturated heterocycles. The third-order valence-electron chi connectivity index (χ3n) is 3.72. The molecule has 0 heterocycles. The smallest absolute Gasteiger partial charge is 0.247 e. The van der Waals surface area contributed by atoms with Gasteiger partial charge in [-0.05, 0) is 42.3 Å². The van der Waals surface area contributed by atoms with Crippen molar-refractivity contribution < 1.29 is 27.2 Å². The molecule has 0 aliphatic rings. The standard InChI is InChI=1S/C20H18F4N2O2/c1-2-10-26(18(28)9-6-13-4-3-5-14(21)11-13)12-17(27)25-16-8-7-15(22)19(23)20(16)24/h3-9,11H,2,10,12H2,1H3,(H,25,27)/b9-6+. The van der Waals surface area contributed by atoms with Gasteiger partial charge in [0.15, 0.2) is 17.5 Å². The molecular weight excluding hydrogens is 376 g/mol. The van der Waals surface area contributed by atoms with E-state index in [9.17, 15) is 27.2 Å². The minimum Gasteiger partial charge on any atom is -0.330 e. The largest absolute Gasteiger partial charge is 0.330 e. The number of nitrogens with one attached hydrogen (secondary N) is 1. The maximum Gasteiger partial charge on any atom is 0.247 e. The van der Waals surface area contributed by atoms with E-state index in [1.807, 2.05) is 0 Å². The van der Waals surface area contributed by atoms with Crippen LogP contribution in [0.4, 0.5) is 23.2 Å². The fourth-order valence-electron chi connectivity index (χ4n) is 2.41. The number of hydrogen-bond donors (Lipinski definition) is 1. The van der Waals surface area contributed by atoms with E-state index in [1.54, 1.807) is 13.0 Å². The molecule has 0 aromatic heterocycles. The first kappa shape index (κ1) is 21.1. The molecule has 148 valence electrons. The molecule has 2 aromatic carbocycles. The first-order chi connectivity index (χ1) is 13.3. The number of halogens is 4. The van der Waals surface area contributed by atoms with Crippen molar-refractivity contribution in [2.45, 2.75) is 13.3 Å². The monoisotopic (exact) mass is 394 g/mol. The molecule has 0 aliphatic carbocycles.